The molecule has 0 radical (unpaired) electrons. The first kappa shape index (κ1) is 14.5. The predicted molar refractivity (Wildman–Crippen MR) is 83.0 cm³/mol. The molecule has 0 aliphatic heterocycles. The van der Waals surface area contributed by atoms with Crippen LogP contribution in [-0.4, -0.2) is 40.4 Å². The van der Waals surface area contributed by atoms with Crippen LogP contribution in [0.15, 0.2) is 6.07 Å². The molecule has 2 aromatic heterocycles. The Bertz CT molecular complexity index is 620. The minimum atomic E-state index is 0.0484. The number of likely N-dealkylation sites (N-methyl/N-ethyl adjacent to an activating group) is 1. The second-order valence-electron chi connectivity index (χ2n) is 4.43. The maximum atomic E-state index is 12.0. The van der Waals surface area contributed by atoms with Crippen molar-refractivity contribution in [3.05, 3.63) is 10.9 Å². The van der Waals surface area contributed by atoms with Gasteiger partial charge >= 0.3 is 0 Å². The Hall–Kier alpha value is -1.89. The van der Waals surface area contributed by atoms with E-state index in [9.17, 15) is 4.79 Å². The van der Waals surface area contributed by atoms with Crippen LogP contribution in [0.5, 0.6) is 0 Å². The van der Waals surface area contributed by atoms with Crippen molar-refractivity contribution in [2.24, 2.45) is 0 Å². The summed E-state index contributed by atoms with van der Waals surface area (Å²) >= 11 is 1.56. The third-order valence-corrected chi connectivity index (χ3v) is 4.00. The fraction of sp³-hybridized carbons (Fsp3) is 0.462. The summed E-state index contributed by atoms with van der Waals surface area (Å²) in [6.07, 6.45) is 0. The number of aromatic nitrogens is 2. The number of rotatable bonds is 5. The number of anilines is 2. The molecule has 0 aromatic carbocycles. The monoisotopic (exact) mass is 293 g/mol. The Morgan fingerprint density at radius 1 is 1.40 bits per heavy atom. The lowest BCUT2D eigenvalue weighted by Gasteiger charge is -2.19. The van der Waals surface area contributed by atoms with E-state index >= 15 is 0 Å². The van der Waals surface area contributed by atoms with Crippen molar-refractivity contribution in [3.8, 4) is 0 Å². The molecule has 0 saturated heterocycles. The molecule has 108 valence electrons. The Morgan fingerprint density at radius 2 is 2.10 bits per heavy atom. The fourth-order valence-electron chi connectivity index (χ4n) is 2.04. The van der Waals surface area contributed by atoms with Crippen molar-refractivity contribution in [2.45, 2.75) is 20.8 Å². The van der Waals surface area contributed by atoms with Crippen molar-refractivity contribution >= 4 is 39.2 Å². The number of nitrogens with two attached hydrogens (primary N) is 1. The highest BCUT2D eigenvalue weighted by Crippen LogP contribution is 2.28. The number of nitrogens with one attached hydrogen (secondary N) is 1. The number of nitrogens with zero attached hydrogens (tertiary/aromatic N) is 3. The number of hydrogen-bond acceptors (Lipinski definition) is 6. The van der Waals surface area contributed by atoms with E-state index in [2.05, 4.69) is 15.3 Å². The van der Waals surface area contributed by atoms with Gasteiger partial charge in [0, 0.05) is 18.0 Å². The first-order valence-electron chi connectivity index (χ1n) is 6.60. The van der Waals surface area contributed by atoms with Gasteiger partial charge in [-0.15, -0.1) is 11.3 Å². The third kappa shape index (κ3) is 2.98. The maximum absolute atomic E-state index is 12.0. The number of hydrogen-bond donors (Lipinski definition) is 2. The Balaban J connectivity index is 2.19. The van der Waals surface area contributed by atoms with Crippen molar-refractivity contribution in [2.75, 3.05) is 30.7 Å². The van der Waals surface area contributed by atoms with Gasteiger partial charge in [-0.3, -0.25) is 4.79 Å². The number of thiophene rings is 1. The van der Waals surface area contributed by atoms with Crippen LogP contribution in [0.25, 0.3) is 10.2 Å². The summed E-state index contributed by atoms with van der Waals surface area (Å²) in [4.78, 5) is 24.1. The second kappa shape index (κ2) is 6.04. The van der Waals surface area contributed by atoms with Gasteiger partial charge in [0.1, 0.15) is 10.6 Å². The number of aryl methyl sites for hydroxylation is 1. The molecular weight excluding hydrogens is 274 g/mol. The number of fused-ring (bicyclic) bond motifs is 1. The molecule has 2 rings (SSSR count). The summed E-state index contributed by atoms with van der Waals surface area (Å²) in [5.41, 5.74) is 5.70. The highest BCUT2D eigenvalue weighted by molar-refractivity contribution is 7.18. The average molecular weight is 293 g/mol. The minimum absolute atomic E-state index is 0.0484. The van der Waals surface area contributed by atoms with E-state index in [1.165, 1.54) is 0 Å². The predicted octanol–water partition coefficient (Wildman–Crippen LogP) is 1.86. The number of carbonyl (C=O) groups is 1. The zero-order chi connectivity index (χ0) is 14.7. The summed E-state index contributed by atoms with van der Waals surface area (Å²) in [7, 11) is 0. The Morgan fingerprint density at radius 3 is 2.75 bits per heavy atom. The van der Waals surface area contributed by atoms with Crippen LogP contribution in [-0.2, 0) is 4.79 Å². The number of amides is 1. The summed E-state index contributed by atoms with van der Waals surface area (Å²) in [6, 6.07) is 2.00. The molecule has 0 atom stereocenters. The lowest BCUT2D eigenvalue weighted by Crippen LogP contribution is -2.35. The summed E-state index contributed by atoms with van der Waals surface area (Å²) in [6.45, 7) is 7.55. The number of carbonyl (C=O) groups excluding carboxylic acids is 1. The third-order valence-electron chi connectivity index (χ3n) is 3.06. The van der Waals surface area contributed by atoms with E-state index < -0.39 is 0 Å². The van der Waals surface area contributed by atoms with Crippen LogP contribution >= 0.6 is 11.3 Å². The van der Waals surface area contributed by atoms with Gasteiger partial charge in [0.05, 0.1) is 11.9 Å². The first-order valence-corrected chi connectivity index (χ1v) is 7.42. The molecule has 0 fully saturated rings. The molecule has 0 aliphatic rings. The fourth-order valence-corrected chi connectivity index (χ4v) is 2.93. The molecule has 6 nitrogen and oxygen atoms in total. The van der Waals surface area contributed by atoms with Gasteiger partial charge in [0.25, 0.3) is 0 Å². The molecule has 3 N–H and O–H groups in total. The van der Waals surface area contributed by atoms with Gasteiger partial charge in [0.15, 0.2) is 0 Å². The highest BCUT2D eigenvalue weighted by Gasteiger charge is 2.13. The summed E-state index contributed by atoms with van der Waals surface area (Å²) in [5.74, 6) is 0.891. The largest absolute Gasteiger partial charge is 0.368 e. The quantitative estimate of drug-likeness (QED) is 0.879. The van der Waals surface area contributed by atoms with Crippen LogP contribution in [0.3, 0.4) is 0 Å². The molecule has 1 amide bonds. The van der Waals surface area contributed by atoms with E-state index in [-0.39, 0.29) is 18.4 Å². The lowest BCUT2D eigenvalue weighted by atomic mass is 10.3. The molecule has 0 aliphatic carbocycles. The van der Waals surface area contributed by atoms with Crippen LogP contribution < -0.4 is 11.1 Å². The van der Waals surface area contributed by atoms with Crippen LogP contribution in [0, 0.1) is 6.92 Å². The van der Waals surface area contributed by atoms with Gasteiger partial charge < -0.3 is 16.0 Å². The standard InChI is InChI=1S/C13H19N5OS/c1-4-18(5-2)10(19)7-15-11-9-6-8(3)20-12(9)17-13(14)16-11/h6H,4-5,7H2,1-3H3,(H3,14,15,16,17). The molecular formula is C13H19N5OS. The van der Waals surface area contributed by atoms with E-state index in [1.807, 2.05) is 26.8 Å². The molecule has 0 unspecified atom stereocenters. The molecule has 0 saturated carbocycles. The van der Waals surface area contributed by atoms with Gasteiger partial charge in [0.2, 0.25) is 11.9 Å². The smallest absolute Gasteiger partial charge is 0.241 e. The van der Waals surface area contributed by atoms with Crippen molar-refractivity contribution in [1.29, 1.82) is 0 Å². The maximum Gasteiger partial charge on any atom is 0.241 e. The molecule has 0 bridgehead atoms. The van der Waals surface area contributed by atoms with E-state index in [4.69, 9.17) is 5.73 Å². The van der Waals surface area contributed by atoms with Crippen molar-refractivity contribution in [3.63, 3.8) is 0 Å². The Labute approximate surface area is 122 Å². The molecule has 2 heterocycles. The summed E-state index contributed by atoms with van der Waals surface area (Å²) in [5, 5.41) is 3.99. The topological polar surface area (TPSA) is 84.1 Å². The van der Waals surface area contributed by atoms with E-state index in [0.717, 1.165) is 15.1 Å². The van der Waals surface area contributed by atoms with Gasteiger partial charge in [-0.25, -0.2) is 4.98 Å². The zero-order valence-corrected chi connectivity index (χ0v) is 12.8. The average Bonchev–Trinajstić information content (AvgIpc) is 2.77. The Kier molecular flexibility index (Phi) is 4.39. The van der Waals surface area contributed by atoms with E-state index in [1.54, 1.807) is 16.2 Å². The normalized spacial score (nSPS) is 10.8. The lowest BCUT2D eigenvalue weighted by molar-refractivity contribution is -0.128. The first-order chi connectivity index (χ1) is 9.55. The van der Waals surface area contributed by atoms with Crippen LogP contribution in [0.4, 0.5) is 11.8 Å². The molecule has 7 heteroatoms. The molecule has 0 spiro atoms. The number of nitrogen functional groups attached to an aromatic ring is 1. The summed E-state index contributed by atoms with van der Waals surface area (Å²) < 4.78 is 0. The van der Waals surface area contributed by atoms with Gasteiger partial charge in [-0.2, -0.15) is 4.98 Å². The van der Waals surface area contributed by atoms with Gasteiger partial charge in [-0.1, -0.05) is 0 Å². The van der Waals surface area contributed by atoms with Crippen molar-refractivity contribution < 1.29 is 4.79 Å². The minimum Gasteiger partial charge on any atom is -0.368 e. The second-order valence-corrected chi connectivity index (χ2v) is 5.66. The van der Waals surface area contributed by atoms with Crippen LogP contribution in [0.1, 0.15) is 18.7 Å². The zero-order valence-electron chi connectivity index (χ0n) is 11.9. The van der Waals surface area contributed by atoms with Crippen molar-refractivity contribution in [1.82, 2.24) is 14.9 Å². The SMILES string of the molecule is CCN(CC)C(=O)CNc1nc(N)nc2sc(C)cc12. The molecule has 2 aromatic rings. The van der Waals surface area contributed by atoms with Gasteiger partial charge in [-0.05, 0) is 26.8 Å². The molecule has 20 heavy (non-hydrogen) atoms. The highest BCUT2D eigenvalue weighted by atomic mass is 32.1. The van der Waals surface area contributed by atoms with E-state index in [0.29, 0.717) is 18.9 Å². The van der Waals surface area contributed by atoms with Crippen LogP contribution in [0.2, 0.25) is 0 Å².